The van der Waals surface area contributed by atoms with E-state index in [1.54, 1.807) is 13.0 Å². The first-order chi connectivity index (χ1) is 10.2. The van der Waals surface area contributed by atoms with Gasteiger partial charge in [-0.25, -0.2) is 4.39 Å². The van der Waals surface area contributed by atoms with Crippen LogP contribution in [0.4, 0.5) is 10.1 Å². The molecule has 21 heavy (non-hydrogen) atoms. The number of hydrogen-bond donors (Lipinski definition) is 1. The summed E-state index contributed by atoms with van der Waals surface area (Å²) in [5.74, 6) is -0.570. The zero-order valence-electron chi connectivity index (χ0n) is 12.7. The van der Waals surface area contributed by atoms with Crippen LogP contribution in [0.2, 0.25) is 0 Å². The molecule has 1 aliphatic heterocycles. The van der Waals surface area contributed by atoms with E-state index >= 15 is 0 Å². The monoisotopic (exact) mass is 294 g/mol. The minimum Gasteiger partial charge on any atom is -0.466 e. The highest BCUT2D eigenvalue weighted by molar-refractivity contribution is 5.73. The van der Waals surface area contributed by atoms with Crippen molar-refractivity contribution in [1.29, 1.82) is 0 Å². The number of halogens is 1. The first kappa shape index (κ1) is 15.8. The number of rotatable bonds is 5. The van der Waals surface area contributed by atoms with Crippen LogP contribution in [0.15, 0.2) is 18.2 Å². The molecule has 5 heteroatoms. The quantitative estimate of drug-likeness (QED) is 0.846. The van der Waals surface area contributed by atoms with Crippen LogP contribution in [-0.2, 0) is 16.1 Å². The van der Waals surface area contributed by atoms with Gasteiger partial charge in [0.25, 0.3) is 0 Å². The minimum absolute atomic E-state index is 0.161. The number of benzene rings is 1. The Hall–Kier alpha value is -1.62. The van der Waals surface area contributed by atoms with E-state index in [0.717, 1.165) is 24.9 Å². The molecular formula is C16H23FN2O2. The number of hydrogen-bond acceptors (Lipinski definition) is 4. The van der Waals surface area contributed by atoms with Gasteiger partial charge in [0.1, 0.15) is 5.82 Å². The highest BCUT2D eigenvalue weighted by Gasteiger charge is 2.28. The second-order valence-corrected chi connectivity index (χ2v) is 5.35. The Labute approximate surface area is 125 Å². The lowest BCUT2D eigenvalue weighted by molar-refractivity contribution is -0.148. The van der Waals surface area contributed by atoms with E-state index in [9.17, 15) is 9.18 Å². The third-order valence-electron chi connectivity index (χ3n) is 3.77. The molecule has 1 aliphatic rings. The number of esters is 1. The fourth-order valence-electron chi connectivity index (χ4n) is 2.76. The predicted molar refractivity (Wildman–Crippen MR) is 80.7 cm³/mol. The molecule has 0 bridgehead atoms. The van der Waals surface area contributed by atoms with Crippen molar-refractivity contribution >= 4 is 11.7 Å². The van der Waals surface area contributed by atoms with Crippen LogP contribution >= 0.6 is 0 Å². The maximum Gasteiger partial charge on any atom is 0.310 e. The molecule has 1 unspecified atom stereocenters. The molecule has 1 atom stereocenters. The predicted octanol–water partition coefficient (Wildman–Crippen LogP) is 2.32. The summed E-state index contributed by atoms with van der Waals surface area (Å²) in [5.41, 5.74) is 1.61. The molecule has 4 nitrogen and oxygen atoms in total. The molecular weight excluding hydrogens is 271 g/mol. The number of nitrogens with one attached hydrogen (secondary N) is 1. The maximum atomic E-state index is 14.1. The average molecular weight is 294 g/mol. The van der Waals surface area contributed by atoms with Crippen LogP contribution in [-0.4, -0.2) is 32.7 Å². The standard InChI is InChI=1S/C16H23FN2O2/c1-3-21-16(20)13-5-4-8-19(11-13)15-9-12(10-18-2)6-7-14(15)17/h6-7,9,13,18H,3-5,8,10-11H2,1-2H3. The fourth-order valence-corrected chi connectivity index (χ4v) is 2.76. The first-order valence-corrected chi connectivity index (χ1v) is 7.50. The molecule has 2 rings (SSSR count). The van der Waals surface area contributed by atoms with Crippen molar-refractivity contribution in [3.8, 4) is 0 Å². The normalized spacial score (nSPS) is 18.6. The van der Waals surface area contributed by atoms with Gasteiger partial charge in [0.15, 0.2) is 0 Å². The summed E-state index contributed by atoms with van der Waals surface area (Å²) < 4.78 is 19.2. The molecule has 0 aliphatic carbocycles. The minimum atomic E-state index is -0.237. The number of carbonyl (C=O) groups excluding carboxylic acids is 1. The van der Waals surface area contributed by atoms with E-state index in [-0.39, 0.29) is 17.7 Å². The average Bonchev–Trinajstić information content (AvgIpc) is 2.50. The summed E-state index contributed by atoms with van der Waals surface area (Å²) in [4.78, 5) is 13.8. The molecule has 1 saturated heterocycles. The zero-order chi connectivity index (χ0) is 15.2. The molecule has 1 aromatic carbocycles. The van der Waals surface area contributed by atoms with Crippen LogP contribution in [0.1, 0.15) is 25.3 Å². The fraction of sp³-hybridized carbons (Fsp3) is 0.562. The van der Waals surface area contributed by atoms with Gasteiger partial charge in [-0.3, -0.25) is 4.79 Å². The van der Waals surface area contributed by atoms with Crippen molar-refractivity contribution in [2.75, 3.05) is 31.6 Å². The van der Waals surface area contributed by atoms with Crippen molar-refractivity contribution in [3.05, 3.63) is 29.6 Å². The Morgan fingerprint density at radius 3 is 3.05 bits per heavy atom. The van der Waals surface area contributed by atoms with E-state index in [1.165, 1.54) is 6.07 Å². The smallest absolute Gasteiger partial charge is 0.310 e. The van der Waals surface area contributed by atoms with Crippen molar-refractivity contribution in [2.45, 2.75) is 26.3 Å². The Balaban J connectivity index is 2.13. The summed E-state index contributed by atoms with van der Waals surface area (Å²) in [5, 5.41) is 3.06. The van der Waals surface area contributed by atoms with Crippen LogP contribution < -0.4 is 10.2 Å². The maximum absolute atomic E-state index is 14.1. The Morgan fingerprint density at radius 2 is 2.33 bits per heavy atom. The third-order valence-corrected chi connectivity index (χ3v) is 3.77. The summed E-state index contributed by atoms with van der Waals surface area (Å²) in [6, 6.07) is 5.14. The van der Waals surface area contributed by atoms with Gasteiger partial charge < -0.3 is 15.0 Å². The summed E-state index contributed by atoms with van der Waals surface area (Å²) in [7, 11) is 1.86. The van der Waals surface area contributed by atoms with Gasteiger partial charge in [0.2, 0.25) is 0 Å². The lowest BCUT2D eigenvalue weighted by atomic mass is 9.97. The zero-order valence-corrected chi connectivity index (χ0v) is 12.7. The number of nitrogens with zero attached hydrogens (tertiary/aromatic N) is 1. The molecule has 0 amide bonds. The first-order valence-electron chi connectivity index (χ1n) is 7.50. The van der Waals surface area contributed by atoms with Crippen molar-refractivity contribution < 1.29 is 13.9 Å². The van der Waals surface area contributed by atoms with E-state index in [1.807, 2.05) is 18.0 Å². The number of carbonyl (C=O) groups is 1. The topological polar surface area (TPSA) is 41.6 Å². The third kappa shape index (κ3) is 3.94. The van der Waals surface area contributed by atoms with Gasteiger partial charge in [-0.15, -0.1) is 0 Å². The Kier molecular flexibility index (Phi) is 5.56. The number of ether oxygens (including phenoxy) is 1. The summed E-state index contributed by atoms with van der Waals surface area (Å²) >= 11 is 0. The lowest BCUT2D eigenvalue weighted by Gasteiger charge is -2.33. The largest absolute Gasteiger partial charge is 0.466 e. The second kappa shape index (κ2) is 7.41. The number of anilines is 1. The van der Waals surface area contributed by atoms with Crippen LogP contribution in [0.3, 0.4) is 0 Å². The lowest BCUT2D eigenvalue weighted by Crippen LogP contribution is -2.39. The molecule has 1 fully saturated rings. The molecule has 1 heterocycles. The van der Waals surface area contributed by atoms with E-state index < -0.39 is 0 Å². The molecule has 1 aromatic rings. The Morgan fingerprint density at radius 1 is 1.52 bits per heavy atom. The highest BCUT2D eigenvalue weighted by atomic mass is 19.1. The molecule has 0 radical (unpaired) electrons. The summed E-state index contributed by atoms with van der Waals surface area (Å²) in [6.07, 6.45) is 1.69. The van der Waals surface area contributed by atoms with Gasteiger partial charge in [-0.1, -0.05) is 6.07 Å². The highest BCUT2D eigenvalue weighted by Crippen LogP contribution is 2.27. The van der Waals surface area contributed by atoms with Crippen LogP contribution in [0, 0.1) is 11.7 Å². The van der Waals surface area contributed by atoms with E-state index in [0.29, 0.717) is 25.4 Å². The van der Waals surface area contributed by atoms with Gasteiger partial charge in [-0.2, -0.15) is 0 Å². The molecule has 116 valence electrons. The van der Waals surface area contributed by atoms with Crippen molar-refractivity contribution in [3.63, 3.8) is 0 Å². The molecule has 0 saturated carbocycles. The van der Waals surface area contributed by atoms with Crippen LogP contribution in [0.25, 0.3) is 0 Å². The van der Waals surface area contributed by atoms with E-state index in [2.05, 4.69) is 5.32 Å². The molecule has 1 N–H and O–H groups in total. The second-order valence-electron chi connectivity index (χ2n) is 5.35. The molecule has 0 spiro atoms. The summed E-state index contributed by atoms with van der Waals surface area (Å²) in [6.45, 7) is 4.19. The van der Waals surface area contributed by atoms with E-state index in [4.69, 9.17) is 4.74 Å². The van der Waals surface area contributed by atoms with Crippen LogP contribution in [0.5, 0.6) is 0 Å². The van der Waals surface area contributed by atoms with Gasteiger partial charge in [0.05, 0.1) is 18.2 Å². The van der Waals surface area contributed by atoms with Gasteiger partial charge in [0, 0.05) is 19.6 Å². The van der Waals surface area contributed by atoms with Gasteiger partial charge in [-0.05, 0) is 44.5 Å². The Bertz CT molecular complexity index is 493. The SMILES string of the molecule is CCOC(=O)C1CCCN(c2cc(CNC)ccc2F)C1. The number of piperidine rings is 1. The van der Waals surface area contributed by atoms with Crippen molar-refractivity contribution in [2.24, 2.45) is 5.92 Å². The molecule has 0 aromatic heterocycles. The van der Waals surface area contributed by atoms with Crippen molar-refractivity contribution in [1.82, 2.24) is 5.32 Å². The van der Waals surface area contributed by atoms with Gasteiger partial charge >= 0.3 is 5.97 Å².